The molecule has 0 bridgehead atoms. The fraction of sp³-hybridized carbons (Fsp3) is 0.917. The van der Waals surface area contributed by atoms with Crippen molar-refractivity contribution in [2.45, 2.75) is 57.5 Å². The highest BCUT2D eigenvalue weighted by Gasteiger charge is 2.19. The standard InChI is InChI=1S/C12H21NO/c1-3-7-11(13-9-5-1)12-8-4-2-6-10-14-12/h12H,1-10H2. The molecule has 0 N–H and O–H groups in total. The third-order valence-corrected chi connectivity index (χ3v) is 3.21. The van der Waals surface area contributed by atoms with Crippen molar-refractivity contribution in [2.75, 3.05) is 13.2 Å². The molecule has 2 rings (SSSR count). The lowest BCUT2D eigenvalue weighted by Crippen LogP contribution is -2.23. The summed E-state index contributed by atoms with van der Waals surface area (Å²) in [7, 11) is 0. The minimum absolute atomic E-state index is 0.371. The third-order valence-electron chi connectivity index (χ3n) is 3.21. The van der Waals surface area contributed by atoms with Crippen molar-refractivity contribution in [1.82, 2.24) is 0 Å². The second-order valence-electron chi connectivity index (χ2n) is 4.39. The first-order valence-corrected chi connectivity index (χ1v) is 6.11. The zero-order chi connectivity index (χ0) is 9.64. The fourth-order valence-corrected chi connectivity index (χ4v) is 2.34. The van der Waals surface area contributed by atoms with Crippen LogP contribution in [0.5, 0.6) is 0 Å². The van der Waals surface area contributed by atoms with Gasteiger partial charge in [-0.25, -0.2) is 0 Å². The van der Waals surface area contributed by atoms with E-state index in [1.807, 2.05) is 0 Å². The van der Waals surface area contributed by atoms with Gasteiger partial charge in [0.15, 0.2) is 0 Å². The second-order valence-corrected chi connectivity index (χ2v) is 4.39. The Hall–Kier alpha value is -0.370. The van der Waals surface area contributed by atoms with Gasteiger partial charge in [-0.1, -0.05) is 19.3 Å². The van der Waals surface area contributed by atoms with E-state index in [4.69, 9.17) is 4.74 Å². The summed E-state index contributed by atoms with van der Waals surface area (Å²) in [5, 5.41) is 0. The minimum Gasteiger partial charge on any atom is -0.372 e. The Morgan fingerprint density at radius 1 is 1.00 bits per heavy atom. The summed E-state index contributed by atoms with van der Waals surface area (Å²) >= 11 is 0. The number of hydrogen-bond donors (Lipinski definition) is 0. The van der Waals surface area contributed by atoms with Crippen LogP contribution in [-0.2, 0) is 4.74 Å². The van der Waals surface area contributed by atoms with Crippen molar-refractivity contribution < 1.29 is 4.74 Å². The van der Waals surface area contributed by atoms with E-state index >= 15 is 0 Å². The van der Waals surface area contributed by atoms with Gasteiger partial charge in [-0.3, -0.25) is 4.99 Å². The van der Waals surface area contributed by atoms with Gasteiger partial charge in [-0.15, -0.1) is 0 Å². The van der Waals surface area contributed by atoms with E-state index in [0.29, 0.717) is 6.10 Å². The van der Waals surface area contributed by atoms with Gasteiger partial charge in [0, 0.05) is 18.9 Å². The van der Waals surface area contributed by atoms with Crippen LogP contribution in [0.25, 0.3) is 0 Å². The number of rotatable bonds is 1. The number of hydrogen-bond acceptors (Lipinski definition) is 2. The first-order valence-electron chi connectivity index (χ1n) is 6.11. The van der Waals surface area contributed by atoms with E-state index in [9.17, 15) is 0 Å². The lowest BCUT2D eigenvalue weighted by atomic mass is 10.0. The maximum absolute atomic E-state index is 5.87. The van der Waals surface area contributed by atoms with Gasteiger partial charge >= 0.3 is 0 Å². The third kappa shape index (κ3) is 2.81. The van der Waals surface area contributed by atoms with Crippen molar-refractivity contribution in [3.63, 3.8) is 0 Å². The van der Waals surface area contributed by atoms with E-state index in [0.717, 1.165) is 13.2 Å². The van der Waals surface area contributed by atoms with Crippen LogP contribution in [0.2, 0.25) is 0 Å². The molecule has 0 aromatic rings. The summed E-state index contributed by atoms with van der Waals surface area (Å²) in [6.45, 7) is 1.98. The van der Waals surface area contributed by atoms with Crippen molar-refractivity contribution >= 4 is 5.71 Å². The molecule has 2 nitrogen and oxygen atoms in total. The molecule has 2 heterocycles. The van der Waals surface area contributed by atoms with Gasteiger partial charge in [-0.2, -0.15) is 0 Å². The zero-order valence-electron chi connectivity index (χ0n) is 9.00. The topological polar surface area (TPSA) is 21.6 Å². The molecule has 2 aliphatic rings. The molecular formula is C12H21NO. The maximum atomic E-state index is 5.87. The SMILES string of the molecule is C1CCN=C(C2CCCCCO2)CC1. The molecule has 2 heteroatoms. The van der Waals surface area contributed by atoms with Gasteiger partial charge in [0.25, 0.3) is 0 Å². The number of nitrogens with zero attached hydrogens (tertiary/aromatic N) is 1. The normalized spacial score (nSPS) is 30.3. The average molecular weight is 195 g/mol. The molecule has 1 saturated heterocycles. The molecule has 1 fully saturated rings. The molecule has 0 amide bonds. The largest absolute Gasteiger partial charge is 0.372 e. The van der Waals surface area contributed by atoms with Crippen LogP contribution < -0.4 is 0 Å². The van der Waals surface area contributed by atoms with Crippen LogP contribution in [0.15, 0.2) is 4.99 Å². The summed E-state index contributed by atoms with van der Waals surface area (Å²) < 4.78 is 5.87. The average Bonchev–Trinajstić information content (AvgIpc) is 2.62. The summed E-state index contributed by atoms with van der Waals surface area (Å²) in [6, 6.07) is 0. The lowest BCUT2D eigenvalue weighted by Gasteiger charge is -2.16. The fourth-order valence-electron chi connectivity index (χ4n) is 2.34. The van der Waals surface area contributed by atoms with Gasteiger partial charge in [0.1, 0.15) is 0 Å². The van der Waals surface area contributed by atoms with Gasteiger partial charge in [0.05, 0.1) is 6.10 Å². The van der Waals surface area contributed by atoms with Gasteiger partial charge in [0.2, 0.25) is 0 Å². The first kappa shape index (κ1) is 10.2. The minimum atomic E-state index is 0.371. The van der Waals surface area contributed by atoms with Crippen LogP contribution in [0.4, 0.5) is 0 Å². The quantitative estimate of drug-likeness (QED) is 0.630. The Kier molecular flexibility index (Phi) is 3.99. The highest BCUT2D eigenvalue weighted by Crippen LogP contribution is 2.19. The van der Waals surface area contributed by atoms with Crippen molar-refractivity contribution in [1.29, 1.82) is 0 Å². The highest BCUT2D eigenvalue weighted by molar-refractivity contribution is 5.88. The van der Waals surface area contributed by atoms with Crippen LogP contribution in [0.1, 0.15) is 51.4 Å². The molecule has 0 radical (unpaired) electrons. The second kappa shape index (κ2) is 5.50. The van der Waals surface area contributed by atoms with E-state index in [-0.39, 0.29) is 0 Å². The summed E-state index contributed by atoms with van der Waals surface area (Å²) in [4.78, 5) is 4.68. The Balaban J connectivity index is 1.93. The molecule has 80 valence electrons. The van der Waals surface area contributed by atoms with Crippen molar-refractivity contribution in [2.24, 2.45) is 4.99 Å². The van der Waals surface area contributed by atoms with E-state index < -0.39 is 0 Å². The smallest absolute Gasteiger partial charge is 0.0951 e. The van der Waals surface area contributed by atoms with Crippen LogP contribution in [0, 0.1) is 0 Å². The van der Waals surface area contributed by atoms with Crippen LogP contribution >= 0.6 is 0 Å². The van der Waals surface area contributed by atoms with E-state index in [1.54, 1.807) is 0 Å². The summed E-state index contributed by atoms with van der Waals surface area (Å²) in [5.74, 6) is 0. The predicted molar refractivity (Wildman–Crippen MR) is 59.0 cm³/mol. The summed E-state index contributed by atoms with van der Waals surface area (Å²) in [6.07, 6.45) is 10.6. The van der Waals surface area contributed by atoms with Gasteiger partial charge in [-0.05, 0) is 32.1 Å². The Morgan fingerprint density at radius 2 is 1.93 bits per heavy atom. The monoisotopic (exact) mass is 195 g/mol. The Morgan fingerprint density at radius 3 is 2.93 bits per heavy atom. The zero-order valence-corrected chi connectivity index (χ0v) is 9.00. The number of aliphatic imine (C=N–C) groups is 1. The molecular weight excluding hydrogens is 174 g/mol. The lowest BCUT2D eigenvalue weighted by molar-refractivity contribution is 0.103. The van der Waals surface area contributed by atoms with Crippen molar-refractivity contribution in [3.05, 3.63) is 0 Å². The molecule has 2 aliphatic heterocycles. The molecule has 1 unspecified atom stereocenters. The summed E-state index contributed by atoms with van der Waals surface area (Å²) in [5.41, 5.74) is 1.37. The van der Waals surface area contributed by atoms with E-state index in [1.165, 1.54) is 57.1 Å². The van der Waals surface area contributed by atoms with Crippen molar-refractivity contribution in [3.8, 4) is 0 Å². The van der Waals surface area contributed by atoms with Gasteiger partial charge < -0.3 is 4.74 Å². The molecule has 0 spiro atoms. The highest BCUT2D eigenvalue weighted by atomic mass is 16.5. The predicted octanol–water partition coefficient (Wildman–Crippen LogP) is 2.96. The maximum Gasteiger partial charge on any atom is 0.0951 e. The van der Waals surface area contributed by atoms with Crippen LogP contribution in [0.3, 0.4) is 0 Å². The van der Waals surface area contributed by atoms with Crippen LogP contribution in [-0.4, -0.2) is 25.0 Å². The molecule has 0 aromatic carbocycles. The molecule has 1 atom stereocenters. The molecule has 0 saturated carbocycles. The van der Waals surface area contributed by atoms with E-state index in [2.05, 4.69) is 4.99 Å². The molecule has 0 aliphatic carbocycles. The Labute approximate surface area is 86.8 Å². The first-order chi connectivity index (χ1) is 6.97. The number of ether oxygens (including phenoxy) is 1. The molecule has 14 heavy (non-hydrogen) atoms. The molecule has 0 aromatic heterocycles. The Bertz CT molecular complexity index is 192.